The number of Topliss-reactive ketones (excluding diaryl/α,β-unsaturated/α-hetero) is 1. The van der Waals surface area contributed by atoms with Crippen molar-refractivity contribution in [2.45, 2.75) is 53.1 Å². The van der Waals surface area contributed by atoms with Crippen molar-refractivity contribution in [3.63, 3.8) is 0 Å². The molecule has 0 N–H and O–H groups in total. The third-order valence-electron chi connectivity index (χ3n) is 3.54. The van der Waals surface area contributed by atoms with E-state index in [0.29, 0.717) is 24.7 Å². The predicted molar refractivity (Wildman–Crippen MR) is 77.9 cm³/mol. The molecule has 2 heterocycles. The van der Waals surface area contributed by atoms with Gasteiger partial charge < -0.3 is 0 Å². The van der Waals surface area contributed by atoms with Gasteiger partial charge in [-0.3, -0.25) is 14.2 Å². The Morgan fingerprint density at radius 1 is 1.35 bits per heavy atom. The molecule has 0 amide bonds. The summed E-state index contributed by atoms with van der Waals surface area (Å²) < 4.78 is 3.67. The highest BCUT2D eigenvalue weighted by molar-refractivity contribution is 5.95. The van der Waals surface area contributed by atoms with E-state index in [1.165, 1.54) is 0 Å². The molecule has 0 saturated carbocycles. The molecule has 2 aromatic rings. The van der Waals surface area contributed by atoms with E-state index < -0.39 is 0 Å². The lowest BCUT2D eigenvalue weighted by Crippen LogP contribution is -2.12. The second-order valence-electron chi connectivity index (χ2n) is 5.13. The molecule has 2 rings (SSSR count). The Kier molecular flexibility index (Phi) is 4.37. The van der Waals surface area contributed by atoms with Gasteiger partial charge in [0.2, 0.25) is 0 Å². The van der Waals surface area contributed by atoms with E-state index >= 15 is 0 Å². The molecule has 1 unspecified atom stereocenters. The van der Waals surface area contributed by atoms with Gasteiger partial charge >= 0.3 is 0 Å². The summed E-state index contributed by atoms with van der Waals surface area (Å²) >= 11 is 0. The van der Waals surface area contributed by atoms with Crippen LogP contribution < -0.4 is 0 Å². The van der Waals surface area contributed by atoms with Crippen LogP contribution in [-0.2, 0) is 13.0 Å². The van der Waals surface area contributed by atoms with Gasteiger partial charge in [-0.1, -0.05) is 6.92 Å². The Morgan fingerprint density at radius 2 is 2.10 bits per heavy atom. The molecule has 5 nitrogen and oxygen atoms in total. The van der Waals surface area contributed by atoms with Crippen molar-refractivity contribution in [2.75, 3.05) is 0 Å². The first kappa shape index (κ1) is 14.5. The molecule has 0 aliphatic carbocycles. The Labute approximate surface area is 119 Å². The van der Waals surface area contributed by atoms with Crippen LogP contribution in [0, 0.1) is 6.92 Å². The molecular formula is C15H22N4O. The Balaban J connectivity index is 2.13. The van der Waals surface area contributed by atoms with Gasteiger partial charge in [0.05, 0.1) is 17.8 Å². The molecular weight excluding hydrogens is 252 g/mol. The highest BCUT2D eigenvalue weighted by atomic mass is 16.1. The third kappa shape index (κ3) is 2.98. The minimum absolute atomic E-state index is 0.0712. The Morgan fingerprint density at radius 3 is 2.75 bits per heavy atom. The van der Waals surface area contributed by atoms with Crippen LogP contribution in [0.3, 0.4) is 0 Å². The van der Waals surface area contributed by atoms with Gasteiger partial charge in [0.25, 0.3) is 0 Å². The number of nitrogens with zero attached hydrogens (tertiary/aromatic N) is 4. The summed E-state index contributed by atoms with van der Waals surface area (Å²) in [6.07, 6.45) is 3.30. The van der Waals surface area contributed by atoms with E-state index in [2.05, 4.69) is 24.0 Å². The number of aryl methyl sites for hydroxylation is 2. The van der Waals surface area contributed by atoms with Crippen LogP contribution in [0.1, 0.15) is 55.1 Å². The van der Waals surface area contributed by atoms with Crippen molar-refractivity contribution in [1.29, 1.82) is 0 Å². The normalized spacial score (nSPS) is 12.6. The van der Waals surface area contributed by atoms with E-state index in [9.17, 15) is 4.79 Å². The number of carbonyl (C=O) groups excluding carboxylic acids is 1. The molecule has 108 valence electrons. The van der Waals surface area contributed by atoms with Crippen molar-refractivity contribution >= 4 is 5.78 Å². The summed E-state index contributed by atoms with van der Waals surface area (Å²) in [5, 5.41) is 8.78. The lowest BCUT2D eigenvalue weighted by atomic mass is 10.1. The van der Waals surface area contributed by atoms with Crippen molar-refractivity contribution in [1.82, 2.24) is 19.6 Å². The van der Waals surface area contributed by atoms with Crippen molar-refractivity contribution in [2.24, 2.45) is 0 Å². The predicted octanol–water partition coefficient (Wildman–Crippen LogP) is 2.80. The first-order valence-electron chi connectivity index (χ1n) is 7.16. The first-order valence-corrected chi connectivity index (χ1v) is 7.16. The number of hydrogen-bond donors (Lipinski definition) is 0. The maximum atomic E-state index is 12.3. The third-order valence-corrected chi connectivity index (χ3v) is 3.54. The fourth-order valence-corrected chi connectivity index (χ4v) is 2.17. The van der Waals surface area contributed by atoms with E-state index in [-0.39, 0.29) is 5.78 Å². The lowest BCUT2D eigenvalue weighted by molar-refractivity contribution is 0.0981. The average molecular weight is 274 g/mol. The largest absolute Gasteiger partial charge is 0.292 e. The molecule has 20 heavy (non-hydrogen) atoms. The zero-order chi connectivity index (χ0) is 14.7. The topological polar surface area (TPSA) is 52.7 Å². The molecule has 0 saturated heterocycles. The monoisotopic (exact) mass is 274 g/mol. The van der Waals surface area contributed by atoms with E-state index in [1.54, 1.807) is 4.68 Å². The summed E-state index contributed by atoms with van der Waals surface area (Å²) in [6.45, 7) is 8.84. The van der Waals surface area contributed by atoms with Gasteiger partial charge in [-0.2, -0.15) is 10.2 Å². The fraction of sp³-hybridized carbons (Fsp3) is 0.533. The van der Waals surface area contributed by atoms with Gasteiger partial charge in [0.1, 0.15) is 5.69 Å². The summed E-state index contributed by atoms with van der Waals surface area (Å²) in [7, 11) is 0. The molecule has 1 atom stereocenters. The minimum atomic E-state index is 0.0712. The maximum Gasteiger partial charge on any atom is 0.186 e. The van der Waals surface area contributed by atoms with Crippen LogP contribution >= 0.6 is 0 Å². The molecule has 0 fully saturated rings. The Bertz CT molecular complexity index is 597. The smallest absolute Gasteiger partial charge is 0.186 e. The Hall–Kier alpha value is -1.91. The van der Waals surface area contributed by atoms with Crippen LogP contribution in [0.5, 0.6) is 0 Å². The molecule has 0 aliphatic heterocycles. The molecule has 2 aromatic heterocycles. The minimum Gasteiger partial charge on any atom is -0.292 e. The average Bonchev–Trinajstić information content (AvgIpc) is 3.04. The van der Waals surface area contributed by atoms with Crippen molar-refractivity contribution < 1.29 is 4.79 Å². The zero-order valence-corrected chi connectivity index (χ0v) is 12.6. The second-order valence-corrected chi connectivity index (χ2v) is 5.13. The van der Waals surface area contributed by atoms with Crippen LogP contribution in [0.15, 0.2) is 18.3 Å². The quantitative estimate of drug-likeness (QED) is 0.761. The molecule has 0 aromatic carbocycles. The van der Waals surface area contributed by atoms with Crippen LogP contribution in [0.4, 0.5) is 0 Å². The standard InChI is InChI=1S/C15H22N4O/c1-5-12(4)19-8-7-13(17-19)10-15(20)14-9-11(3)16-18(14)6-2/h7-9,12H,5-6,10H2,1-4H3. The highest BCUT2D eigenvalue weighted by Gasteiger charge is 2.15. The van der Waals surface area contributed by atoms with Crippen LogP contribution in [-0.4, -0.2) is 25.3 Å². The second kappa shape index (κ2) is 6.03. The zero-order valence-electron chi connectivity index (χ0n) is 12.6. The van der Waals surface area contributed by atoms with Gasteiger partial charge in [0.15, 0.2) is 5.78 Å². The lowest BCUT2D eigenvalue weighted by Gasteiger charge is -2.08. The van der Waals surface area contributed by atoms with Gasteiger partial charge in [-0.15, -0.1) is 0 Å². The summed E-state index contributed by atoms with van der Waals surface area (Å²) in [6, 6.07) is 4.13. The first-order chi connectivity index (χ1) is 9.55. The molecule has 5 heteroatoms. The van der Waals surface area contributed by atoms with Gasteiger partial charge in [-0.05, 0) is 39.3 Å². The number of rotatable bonds is 6. The summed E-state index contributed by atoms with van der Waals surface area (Å²) in [5.41, 5.74) is 2.36. The summed E-state index contributed by atoms with van der Waals surface area (Å²) in [4.78, 5) is 12.3. The SMILES string of the molecule is CCC(C)n1ccc(CC(=O)c2cc(C)nn2CC)n1. The number of carbonyl (C=O) groups is 1. The van der Waals surface area contributed by atoms with Gasteiger partial charge in [0, 0.05) is 18.8 Å². The fourth-order valence-electron chi connectivity index (χ4n) is 2.17. The van der Waals surface area contributed by atoms with E-state index in [4.69, 9.17) is 0 Å². The van der Waals surface area contributed by atoms with Gasteiger partial charge in [-0.25, -0.2) is 0 Å². The molecule has 0 bridgehead atoms. The number of hydrogen-bond acceptors (Lipinski definition) is 3. The van der Waals surface area contributed by atoms with Crippen molar-refractivity contribution in [3.05, 3.63) is 35.4 Å². The van der Waals surface area contributed by atoms with E-state index in [1.807, 2.05) is 36.9 Å². The number of ketones is 1. The van der Waals surface area contributed by atoms with Crippen LogP contribution in [0.25, 0.3) is 0 Å². The van der Waals surface area contributed by atoms with Crippen LogP contribution in [0.2, 0.25) is 0 Å². The van der Waals surface area contributed by atoms with E-state index in [0.717, 1.165) is 17.8 Å². The molecule has 0 radical (unpaired) electrons. The molecule has 0 aliphatic rings. The maximum absolute atomic E-state index is 12.3. The number of aromatic nitrogens is 4. The highest BCUT2D eigenvalue weighted by Crippen LogP contribution is 2.12. The summed E-state index contributed by atoms with van der Waals surface area (Å²) in [5.74, 6) is 0.0712. The van der Waals surface area contributed by atoms with Crippen molar-refractivity contribution in [3.8, 4) is 0 Å². The molecule has 0 spiro atoms.